The van der Waals surface area contributed by atoms with Gasteiger partial charge in [-0.1, -0.05) is 12.1 Å². The maximum absolute atomic E-state index is 13.7. The van der Waals surface area contributed by atoms with E-state index in [4.69, 9.17) is 4.74 Å². The van der Waals surface area contributed by atoms with Gasteiger partial charge in [-0.25, -0.2) is 4.39 Å². The summed E-state index contributed by atoms with van der Waals surface area (Å²) in [5.74, 6) is -0.583. The lowest BCUT2D eigenvalue weighted by Crippen LogP contribution is -2.49. The van der Waals surface area contributed by atoms with Crippen LogP contribution in [-0.4, -0.2) is 38.2 Å². The molecule has 0 unspecified atom stereocenters. The molecule has 6 heteroatoms. The number of amides is 1. The van der Waals surface area contributed by atoms with Crippen LogP contribution in [0.15, 0.2) is 42.6 Å². The van der Waals surface area contributed by atoms with Crippen LogP contribution in [0.2, 0.25) is 0 Å². The van der Waals surface area contributed by atoms with E-state index < -0.39 is 5.54 Å². The van der Waals surface area contributed by atoms with E-state index in [0.29, 0.717) is 31.7 Å². The molecule has 0 aliphatic carbocycles. The van der Waals surface area contributed by atoms with Gasteiger partial charge in [0.05, 0.1) is 5.54 Å². The number of aromatic nitrogens is 1. The number of halogens is 1. The fourth-order valence-electron chi connectivity index (χ4n) is 3.09. The summed E-state index contributed by atoms with van der Waals surface area (Å²) in [6, 6.07) is 9.98. The summed E-state index contributed by atoms with van der Waals surface area (Å²) in [5, 5.41) is 3.09. The lowest BCUT2D eigenvalue weighted by Gasteiger charge is -2.38. The summed E-state index contributed by atoms with van der Waals surface area (Å²) in [5.41, 5.74) is 1.35. The van der Waals surface area contributed by atoms with E-state index in [0.717, 1.165) is 11.3 Å². The summed E-state index contributed by atoms with van der Waals surface area (Å²) in [6.45, 7) is 1.03. The van der Waals surface area contributed by atoms with E-state index in [1.807, 2.05) is 31.1 Å². The van der Waals surface area contributed by atoms with Crippen molar-refractivity contribution in [3.05, 3.63) is 59.7 Å². The minimum absolute atomic E-state index is 0.269. The van der Waals surface area contributed by atoms with Gasteiger partial charge in [-0.2, -0.15) is 0 Å². The maximum Gasteiger partial charge on any atom is 0.270 e. The highest BCUT2D eigenvalue weighted by molar-refractivity contribution is 5.93. The van der Waals surface area contributed by atoms with Gasteiger partial charge in [0.1, 0.15) is 11.5 Å². The molecule has 1 amide bonds. The third kappa shape index (κ3) is 3.79. The Bertz CT molecular complexity index is 758. The quantitative estimate of drug-likeness (QED) is 0.927. The van der Waals surface area contributed by atoms with Crippen molar-refractivity contribution < 1.29 is 13.9 Å². The van der Waals surface area contributed by atoms with Crippen molar-refractivity contribution in [1.82, 2.24) is 10.3 Å². The van der Waals surface area contributed by atoms with Gasteiger partial charge in [-0.05, 0) is 42.7 Å². The molecule has 2 heterocycles. The van der Waals surface area contributed by atoms with Crippen LogP contribution in [0, 0.1) is 5.82 Å². The van der Waals surface area contributed by atoms with Crippen LogP contribution >= 0.6 is 0 Å². The maximum atomic E-state index is 13.7. The molecule has 5 nitrogen and oxygen atoms in total. The fraction of sp³-hybridized carbons (Fsp3) is 0.368. The Morgan fingerprint density at radius 1 is 1.24 bits per heavy atom. The number of nitrogens with one attached hydrogen (secondary N) is 1. The lowest BCUT2D eigenvalue weighted by atomic mass is 9.82. The molecule has 1 fully saturated rings. The molecule has 1 aliphatic heterocycles. The van der Waals surface area contributed by atoms with E-state index in [1.165, 1.54) is 12.1 Å². The molecule has 132 valence electrons. The molecule has 0 spiro atoms. The number of anilines is 1. The van der Waals surface area contributed by atoms with Crippen LogP contribution in [-0.2, 0) is 10.3 Å². The first-order chi connectivity index (χ1) is 12.0. The second kappa shape index (κ2) is 7.19. The van der Waals surface area contributed by atoms with Gasteiger partial charge in [0.25, 0.3) is 5.91 Å². The Kier molecular flexibility index (Phi) is 4.99. The molecule has 3 rings (SSSR count). The molecular weight excluding hydrogens is 321 g/mol. The molecule has 0 saturated carbocycles. The predicted molar refractivity (Wildman–Crippen MR) is 94.2 cm³/mol. The Morgan fingerprint density at radius 3 is 2.68 bits per heavy atom. The Morgan fingerprint density at radius 2 is 2.00 bits per heavy atom. The smallest absolute Gasteiger partial charge is 0.270 e. The van der Waals surface area contributed by atoms with Crippen LogP contribution in [0.5, 0.6) is 0 Å². The van der Waals surface area contributed by atoms with Crippen molar-refractivity contribution in [2.24, 2.45) is 0 Å². The summed E-state index contributed by atoms with van der Waals surface area (Å²) < 4.78 is 19.2. The van der Waals surface area contributed by atoms with E-state index in [1.54, 1.807) is 18.3 Å². The van der Waals surface area contributed by atoms with E-state index in [9.17, 15) is 9.18 Å². The average Bonchev–Trinajstić information content (AvgIpc) is 2.62. The van der Waals surface area contributed by atoms with Crippen molar-refractivity contribution in [3.8, 4) is 0 Å². The number of pyridine rings is 1. The van der Waals surface area contributed by atoms with Crippen molar-refractivity contribution in [1.29, 1.82) is 0 Å². The zero-order valence-corrected chi connectivity index (χ0v) is 14.5. The Labute approximate surface area is 146 Å². The van der Waals surface area contributed by atoms with Crippen LogP contribution in [0.25, 0.3) is 0 Å². The summed E-state index contributed by atoms with van der Waals surface area (Å²) >= 11 is 0. The van der Waals surface area contributed by atoms with Gasteiger partial charge in [0.2, 0.25) is 0 Å². The van der Waals surface area contributed by atoms with Gasteiger partial charge >= 0.3 is 0 Å². The third-order valence-corrected chi connectivity index (χ3v) is 4.57. The molecule has 2 aromatic rings. The molecule has 1 aromatic carbocycles. The molecule has 1 N–H and O–H groups in total. The van der Waals surface area contributed by atoms with Crippen LogP contribution < -0.4 is 10.2 Å². The summed E-state index contributed by atoms with van der Waals surface area (Å²) in [7, 11) is 3.81. The average molecular weight is 343 g/mol. The third-order valence-electron chi connectivity index (χ3n) is 4.57. The highest BCUT2D eigenvalue weighted by Gasteiger charge is 2.36. The second-order valence-corrected chi connectivity index (χ2v) is 6.45. The SMILES string of the molecule is CN(C)c1ccnc(C(=O)NC2(c3cccc(F)c3)CCOCC2)c1. The first-order valence-corrected chi connectivity index (χ1v) is 8.30. The summed E-state index contributed by atoms with van der Waals surface area (Å²) in [4.78, 5) is 18.9. The van der Waals surface area contributed by atoms with Crippen LogP contribution in [0.1, 0.15) is 28.9 Å². The lowest BCUT2D eigenvalue weighted by molar-refractivity contribution is 0.0343. The van der Waals surface area contributed by atoms with Crippen molar-refractivity contribution >= 4 is 11.6 Å². The van der Waals surface area contributed by atoms with Crippen LogP contribution in [0.3, 0.4) is 0 Å². The molecule has 1 aromatic heterocycles. The number of hydrogen-bond acceptors (Lipinski definition) is 4. The standard InChI is InChI=1S/C19H22FN3O2/c1-23(2)16-6-9-21-17(13-16)18(24)22-19(7-10-25-11-8-19)14-4-3-5-15(20)12-14/h3-6,9,12-13H,7-8,10-11H2,1-2H3,(H,22,24). The number of rotatable bonds is 4. The molecule has 0 atom stereocenters. The highest BCUT2D eigenvalue weighted by atomic mass is 19.1. The van der Waals surface area contributed by atoms with E-state index in [-0.39, 0.29) is 11.7 Å². The zero-order chi connectivity index (χ0) is 17.9. The van der Waals surface area contributed by atoms with Crippen molar-refractivity contribution in [3.63, 3.8) is 0 Å². The summed E-state index contributed by atoms with van der Waals surface area (Å²) in [6.07, 6.45) is 2.80. The highest BCUT2D eigenvalue weighted by Crippen LogP contribution is 2.33. The molecular formula is C19H22FN3O2. The normalized spacial score (nSPS) is 16.3. The first-order valence-electron chi connectivity index (χ1n) is 8.30. The minimum atomic E-state index is -0.646. The first kappa shape index (κ1) is 17.4. The molecule has 0 bridgehead atoms. The minimum Gasteiger partial charge on any atom is -0.381 e. The van der Waals surface area contributed by atoms with Crippen molar-refractivity contribution in [2.45, 2.75) is 18.4 Å². The van der Waals surface area contributed by atoms with E-state index >= 15 is 0 Å². The fourth-order valence-corrected chi connectivity index (χ4v) is 3.09. The second-order valence-electron chi connectivity index (χ2n) is 6.45. The number of benzene rings is 1. The Hall–Kier alpha value is -2.47. The number of nitrogens with zero attached hydrogens (tertiary/aromatic N) is 2. The van der Waals surface area contributed by atoms with Gasteiger partial charge in [0.15, 0.2) is 0 Å². The monoisotopic (exact) mass is 343 g/mol. The van der Waals surface area contributed by atoms with Gasteiger partial charge in [-0.3, -0.25) is 9.78 Å². The number of ether oxygens (including phenoxy) is 1. The van der Waals surface area contributed by atoms with Crippen LogP contribution in [0.4, 0.5) is 10.1 Å². The molecule has 1 aliphatic rings. The number of hydrogen-bond donors (Lipinski definition) is 1. The molecule has 25 heavy (non-hydrogen) atoms. The van der Waals surface area contributed by atoms with Crippen molar-refractivity contribution in [2.75, 3.05) is 32.2 Å². The zero-order valence-electron chi connectivity index (χ0n) is 14.5. The van der Waals surface area contributed by atoms with E-state index in [2.05, 4.69) is 10.3 Å². The number of carbonyl (C=O) groups is 1. The predicted octanol–water partition coefficient (Wildman–Crippen LogP) is 2.72. The topological polar surface area (TPSA) is 54.5 Å². The number of carbonyl (C=O) groups excluding carboxylic acids is 1. The largest absolute Gasteiger partial charge is 0.381 e. The van der Waals surface area contributed by atoms with Gasteiger partial charge in [-0.15, -0.1) is 0 Å². The molecule has 0 radical (unpaired) electrons. The van der Waals surface area contributed by atoms with Gasteiger partial charge in [0, 0.05) is 39.2 Å². The molecule has 1 saturated heterocycles. The Balaban J connectivity index is 1.90. The van der Waals surface area contributed by atoms with Gasteiger partial charge < -0.3 is 15.0 Å².